The third kappa shape index (κ3) is 5.21. The van der Waals surface area contributed by atoms with Gasteiger partial charge in [0.2, 0.25) is 0 Å². The number of aliphatic imine (C=N–C) groups is 1. The summed E-state index contributed by atoms with van der Waals surface area (Å²) in [6, 6.07) is 8.18. The molecule has 0 saturated heterocycles. The van der Waals surface area contributed by atoms with Gasteiger partial charge in [-0.25, -0.2) is 0 Å². The molecule has 0 aliphatic heterocycles. The number of nitrogens with zero attached hydrogens (tertiary/aromatic N) is 1. The Labute approximate surface area is 122 Å². The monoisotopic (exact) mass is 277 g/mol. The van der Waals surface area contributed by atoms with Crippen LogP contribution in [-0.2, 0) is 11.2 Å². The van der Waals surface area contributed by atoms with Crippen LogP contribution in [0.5, 0.6) is 0 Å². The quantitative estimate of drug-likeness (QED) is 0.642. The van der Waals surface area contributed by atoms with Crippen LogP contribution in [0.1, 0.15) is 33.3 Å². The fourth-order valence-electron chi connectivity index (χ4n) is 1.94. The molecule has 0 amide bonds. The number of nitrogens with one attached hydrogen (secondary N) is 1. The summed E-state index contributed by atoms with van der Waals surface area (Å²) < 4.78 is 5.46. The van der Waals surface area contributed by atoms with Crippen LogP contribution in [0.2, 0.25) is 0 Å². The maximum absolute atomic E-state index is 5.93. The van der Waals surface area contributed by atoms with E-state index in [-0.39, 0.29) is 11.5 Å². The van der Waals surface area contributed by atoms with E-state index in [0.717, 1.165) is 12.1 Å². The molecular formula is C16H27N3O. The normalized spacial score (nSPS) is 14.2. The van der Waals surface area contributed by atoms with Crippen molar-refractivity contribution in [1.29, 1.82) is 0 Å². The standard InChI is InChI=1S/C16H27N3O/c1-6-12-8-7-9-13(10-12)19-15(17)18-11-14(20-5)16(2,3)4/h7-10,14H,6,11H2,1-5H3,(H3,17,18,19). The summed E-state index contributed by atoms with van der Waals surface area (Å²) in [6.07, 6.45) is 1.05. The van der Waals surface area contributed by atoms with Gasteiger partial charge in [-0.1, -0.05) is 39.8 Å². The molecule has 1 atom stereocenters. The highest BCUT2D eigenvalue weighted by Gasteiger charge is 2.23. The lowest BCUT2D eigenvalue weighted by Gasteiger charge is -2.27. The minimum Gasteiger partial charge on any atom is -0.379 e. The van der Waals surface area contributed by atoms with Crippen molar-refractivity contribution in [1.82, 2.24) is 0 Å². The van der Waals surface area contributed by atoms with E-state index in [1.807, 2.05) is 12.1 Å². The predicted molar refractivity (Wildman–Crippen MR) is 86.2 cm³/mol. The van der Waals surface area contributed by atoms with E-state index in [9.17, 15) is 0 Å². The van der Waals surface area contributed by atoms with Gasteiger partial charge >= 0.3 is 0 Å². The summed E-state index contributed by atoms with van der Waals surface area (Å²) in [5, 5.41) is 3.12. The SMILES string of the molecule is CCc1cccc(NC(N)=NCC(OC)C(C)(C)C)c1. The zero-order chi connectivity index (χ0) is 15.2. The minimum absolute atomic E-state index is 0.0423. The Bertz CT molecular complexity index is 449. The Morgan fingerprint density at radius 1 is 1.40 bits per heavy atom. The molecule has 4 nitrogen and oxygen atoms in total. The summed E-state index contributed by atoms with van der Waals surface area (Å²) >= 11 is 0. The zero-order valence-corrected chi connectivity index (χ0v) is 13.2. The summed E-state index contributed by atoms with van der Waals surface area (Å²) in [6.45, 7) is 9.07. The Balaban J connectivity index is 2.65. The van der Waals surface area contributed by atoms with Crippen molar-refractivity contribution in [3.63, 3.8) is 0 Å². The van der Waals surface area contributed by atoms with Gasteiger partial charge in [0, 0.05) is 12.8 Å². The molecule has 0 aliphatic carbocycles. The van der Waals surface area contributed by atoms with Gasteiger partial charge in [0.15, 0.2) is 5.96 Å². The lowest BCUT2D eigenvalue weighted by Crippen LogP contribution is -2.33. The van der Waals surface area contributed by atoms with Gasteiger partial charge in [-0.3, -0.25) is 4.99 Å². The van der Waals surface area contributed by atoms with Crippen LogP contribution in [0.3, 0.4) is 0 Å². The summed E-state index contributed by atoms with van der Waals surface area (Å²) in [5.41, 5.74) is 8.21. The van der Waals surface area contributed by atoms with Crippen molar-refractivity contribution in [2.45, 2.75) is 40.2 Å². The zero-order valence-electron chi connectivity index (χ0n) is 13.2. The third-order valence-corrected chi connectivity index (χ3v) is 3.29. The molecule has 0 aliphatic rings. The van der Waals surface area contributed by atoms with Gasteiger partial charge < -0.3 is 15.8 Å². The molecule has 0 radical (unpaired) electrons. The van der Waals surface area contributed by atoms with Crippen molar-refractivity contribution in [3.05, 3.63) is 29.8 Å². The molecule has 1 rings (SSSR count). The first-order valence-corrected chi connectivity index (χ1v) is 7.05. The number of benzene rings is 1. The van der Waals surface area contributed by atoms with Crippen molar-refractivity contribution in [3.8, 4) is 0 Å². The van der Waals surface area contributed by atoms with Crippen molar-refractivity contribution >= 4 is 11.6 Å². The number of hydrogen-bond acceptors (Lipinski definition) is 2. The maximum atomic E-state index is 5.93. The number of guanidine groups is 1. The minimum atomic E-state index is 0.0423. The smallest absolute Gasteiger partial charge is 0.193 e. The molecule has 0 spiro atoms. The van der Waals surface area contributed by atoms with E-state index in [1.165, 1.54) is 5.56 Å². The Kier molecular flexibility index (Phi) is 6.02. The third-order valence-electron chi connectivity index (χ3n) is 3.29. The van der Waals surface area contributed by atoms with Gasteiger partial charge in [0.05, 0.1) is 12.6 Å². The van der Waals surface area contributed by atoms with Gasteiger partial charge in [-0.05, 0) is 29.5 Å². The average molecular weight is 277 g/mol. The molecular weight excluding hydrogens is 250 g/mol. The van der Waals surface area contributed by atoms with Crippen LogP contribution in [0.15, 0.2) is 29.3 Å². The number of nitrogens with two attached hydrogens (primary N) is 1. The Morgan fingerprint density at radius 3 is 2.65 bits per heavy atom. The van der Waals surface area contributed by atoms with E-state index >= 15 is 0 Å². The first kappa shape index (κ1) is 16.5. The summed E-state index contributed by atoms with van der Waals surface area (Å²) in [5.74, 6) is 0.421. The molecule has 1 unspecified atom stereocenters. The topological polar surface area (TPSA) is 59.6 Å². The van der Waals surface area contributed by atoms with Crippen molar-refractivity contribution in [2.75, 3.05) is 19.0 Å². The molecule has 4 heteroatoms. The van der Waals surface area contributed by atoms with E-state index in [4.69, 9.17) is 10.5 Å². The molecule has 112 valence electrons. The van der Waals surface area contributed by atoms with Crippen LogP contribution in [-0.4, -0.2) is 25.7 Å². The molecule has 0 fully saturated rings. The lowest BCUT2D eigenvalue weighted by atomic mass is 9.89. The van der Waals surface area contributed by atoms with Gasteiger partial charge in [-0.2, -0.15) is 0 Å². The number of aryl methyl sites for hydroxylation is 1. The largest absolute Gasteiger partial charge is 0.379 e. The van der Waals surface area contributed by atoms with Crippen LogP contribution in [0.25, 0.3) is 0 Å². The van der Waals surface area contributed by atoms with Crippen LogP contribution < -0.4 is 11.1 Å². The number of ether oxygens (including phenoxy) is 1. The molecule has 1 aromatic rings. The van der Waals surface area contributed by atoms with E-state index < -0.39 is 0 Å². The van der Waals surface area contributed by atoms with Crippen LogP contribution in [0, 0.1) is 5.41 Å². The second kappa shape index (κ2) is 7.29. The molecule has 0 aromatic heterocycles. The highest BCUT2D eigenvalue weighted by molar-refractivity contribution is 5.92. The highest BCUT2D eigenvalue weighted by Crippen LogP contribution is 2.21. The van der Waals surface area contributed by atoms with Crippen molar-refractivity contribution in [2.24, 2.45) is 16.1 Å². The van der Waals surface area contributed by atoms with Gasteiger partial charge in [0.1, 0.15) is 0 Å². The van der Waals surface area contributed by atoms with E-state index in [1.54, 1.807) is 7.11 Å². The van der Waals surface area contributed by atoms with Gasteiger partial charge in [0.25, 0.3) is 0 Å². The number of methoxy groups -OCH3 is 1. The van der Waals surface area contributed by atoms with E-state index in [2.05, 4.69) is 50.1 Å². The fraction of sp³-hybridized carbons (Fsp3) is 0.562. The molecule has 0 bridgehead atoms. The first-order chi connectivity index (χ1) is 9.36. The average Bonchev–Trinajstić information content (AvgIpc) is 2.38. The molecule has 20 heavy (non-hydrogen) atoms. The van der Waals surface area contributed by atoms with Crippen LogP contribution in [0.4, 0.5) is 5.69 Å². The molecule has 0 heterocycles. The number of anilines is 1. The van der Waals surface area contributed by atoms with E-state index in [0.29, 0.717) is 12.5 Å². The lowest BCUT2D eigenvalue weighted by molar-refractivity contribution is 0.0242. The van der Waals surface area contributed by atoms with Crippen molar-refractivity contribution < 1.29 is 4.74 Å². The van der Waals surface area contributed by atoms with Crippen LogP contribution >= 0.6 is 0 Å². The molecule has 1 aromatic carbocycles. The summed E-state index contributed by atoms with van der Waals surface area (Å²) in [4.78, 5) is 4.37. The first-order valence-electron chi connectivity index (χ1n) is 7.05. The Morgan fingerprint density at radius 2 is 2.10 bits per heavy atom. The second-order valence-electron chi connectivity index (χ2n) is 6.00. The van der Waals surface area contributed by atoms with Gasteiger partial charge in [-0.15, -0.1) is 0 Å². The Hall–Kier alpha value is -1.55. The molecule has 3 N–H and O–H groups in total. The summed E-state index contributed by atoms with van der Waals surface area (Å²) in [7, 11) is 1.71. The number of rotatable bonds is 5. The maximum Gasteiger partial charge on any atom is 0.193 e. The second-order valence-corrected chi connectivity index (χ2v) is 6.00. The predicted octanol–water partition coefficient (Wildman–Crippen LogP) is 3.04. The number of hydrogen-bond donors (Lipinski definition) is 2. The highest BCUT2D eigenvalue weighted by atomic mass is 16.5. The fourth-order valence-corrected chi connectivity index (χ4v) is 1.94. The molecule has 0 saturated carbocycles.